The van der Waals surface area contributed by atoms with Gasteiger partial charge in [0.2, 0.25) is 5.75 Å². The van der Waals surface area contributed by atoms with Crippen LogP contribution in [0.2, 0.25) is 0 Å². The van der Waals surface area contributed by atoms with Gasteiger partial charge in [0.05, 0.1) is 32.6 Å². The van der Waals surface area contributed by atoms with Crippen molar-refractivity contribution in [2.75, 3.05) is 21.3 Å². The average molecular weight is 396 g/mol. The molecule has 0 heterocycles. The molecule has 3 rings (SSSR count). The first-order valence-electron chi connectivity index (χ1n) is 8.65. The molecule has 29 heavy (non-hydrogen) atoms. The zero-order valence-corrected chi connectivity index (χ0v) is 16.4. The second-order valence-corrected chi connectivity index (χ2v) is 6.15. The fourth-order valence-corrected chi connectivity index (χ4v) is 3.07. The van der Waals surface area contributed by atoms with Crippen LogP contribution in [0.5, 0.6) is 17.2 Å². The second kappa shape index (κ2) is 8.05. The lowest BCUT2D eigenvalue weighted by Gasteiger charge is -2.13. The smallest absolute Gasteiger partial charge is 0.271 e. The molecule has 0 bridgehead atoms. The summed E-state index contributed by atoms with van der Waals surface area (Å²) in [6.45, 7) is 1.53. The first-order chi connectivity index (χ1) is 13.9. The quantitative estimate of drug-likeness (QED) is 0.574. The summed E-state index contributed by atoms with van der Waals surface area (Å²) in [6, 6.07) is 9.68. The minimum absolute atomic E-state index is 0.0522. The highest BCUT2D eigenvalue weighted by atomic mass is 16.5. The molecule has 2 aromatic rings. The van der Waals surface area contributed by atoms with Gasteiger partial charge in [0, 0.05) is 16.7 Å². The van der Waals surface area contributed by atoms with Crippen LogP contribution in [0.4, 0.5) is 0 Å². The Morgan fingerprint density at radius 2 is 1.59 bits per heavy atom. The number of fused-ring (bicyclic) bond motifs is 1. The number of nitrogens with zero attached hydrogens (tertiary/aromatic N) is 1. The maximum Gasteiger partial charge on any atom is 0.271 e. The minimum Gasteiger partial charge on any atom is -0.506 e. The molecule has 0 saturated carbocycles. The summed E-state index contributed by atoms with van der Waals surface area (Å²) >= 11 is 0. The lowest BCUT2D eigenvalue weighted by Crippen LogP contribution is -2.21. The summed E-state index contributed by atoms with van der Waals surface area (Å²) in [5, 5.41) is 14.4. The van der Waals surface area contributed by atoms with Crippen molar-refractivity contribution >= 4 is 23.2 Å². The number of hydrogen-bond acceptors (Lipinski definition) is 7. The van der Waals surface area contributed by atoms with Crippen molar-refractivity contribution in [3.05, 3.63) is 58.7 Å². The van der Waals surface area contributed by atoms with Gasteiger partial charge in [-0.15, -0.1) is 0 Å². The molecule has 0 aromatic heterocycles. The standard InChI is InChI=1S/C21H20N2O6/c1-11(17-18(24)13-7-5-6-8-14(13)19(17)25)22-23-21(26)12-9-15(27-2)20(29-4)16(10-12)28-3/h5-10,24H,1-4H3,(H,23,26). The number of rotatable bonds is 6. The van der Waals surface area contributed by atoms with Crippen LogP contribution in [-0.4, -0.2) is 43.8 Å². The van der Waals surface area contributed by atoms with E-state index in [1.54, 1.807) is 24.3 Å². The van der Waals surface area contributed by atoms with Crippen LogP contribution in [0, 0.1) is 0 Å². The number of Topliss-reactive ketones (excluding diaryl/α,β-unsaturated/α-hetero) is 1. The van der Waals surface area contributed by atoms with Gasteiger partial charge in [-0.1, -0.05) is 24.3 Å². The Morgan fingerprint density at radius 1 is 1.00 bits per heavy atom. The number of carbonyl (C=O) groups is 2. The SMILES string of the molecule is COc1cc(C(=O)NN=C(C)C2=C(O)c3ccccc3C2=O)cc(OC)c1OC. The van der Waals surface area contributed by atoms with Gasteiger partial charge in [-0.05, 0) is 19.1 Å². The van der Waals surface area contributed by atoms with E-state index in [9.17, 15) is 14.7 Å². The Kier molecular flexibility index (Phi) is 5.54. The first kappa shape index (κ1) is 19.9. The fraction of sp³-hybridized carbons (Fsp3) is 0.190. The Bertz CT molecular complexity index is 1030. The van der Waals surface area contributed by atoms with Gasteiger partial charge in [0.25, 0.3) is 5.91 Å². The molecule has 1 amide bonds. The summed E-state index contributed by atoms with van der Waals surface area (Å²) in [7, 11) is 4.35. The van der Waals surface area contributed by atoms with Crippen LogP contribution in [0.15, 0.2) is 47.1 Å². The van der Waals surface area contributed by atoms with Crippen LogP contribution in [0.25, 0.3) is 5.76 Å². The zero-order valence-electron chi connectivity index (χ0n) is 16.4. The van der Waals surface area contributed by atoms with Crippen LogP contribution >= 0.6 is 0 Å². The van der Waals surface area contributed by atoms with Crippen molar-refractivity contribution < 1.29 is 28.9 Å². The Hall–Kier alpha value is -3.81. The molecule has 1 aliphatic carbocycles. The molecule has 0 unspecified atom stereocenters. The Labute approximate surface area is 167 Å². The molecule has 2 N–H and O–H groups in total. The lowest BCUT2D eigenvalue weighted by atomic mass is 10.1. The van der Waals surface area contributed by atoms with Crippen molar-refractivity contribution in [2.45, 2.75) is 6.92 Å². The number of hydrogen-bond donors (Lipinski definition) is 2. The van der Waals surface area contributed by atoms with E-state index in [2.05, 4.69) is 10.5 Å². The average Bonchev–Trinajstić information content (AvgIpc) is 3.01. The van der Waals surface area contributed by atoms with Crippen molar-refractivity contribution in [1.82, 2.24) is 5.43 Å². The van der Waals surface area contributed by atoms with Gasteiger partial charge in [-0.25, -0.2) is 5.43 Å². The van der Waals surface area contributed by atoms with Gasteiger partial charge in [0.1, 0.15) is 5.76 Å². The molecule has 150 valence electrons. The van der Waals surface area contributed by atoms with E-state index in [0.29, 0.717) is 28.4 Å². The Balaban J connectivity index is 1.86. The number of benzene rings is 2. The third kappa shape index (κ3) is 3.52. The largest absolute Gasteiger partial charge is 0.506 e. The summed E-state index contributed by atoms with van der Waals surface area (Å²) in [4.78, 5) is 25.1. The molecular weight excluding hydrogens is 376 g/mol. The van der Waals surface area contributed by atoms with Crippen LogP contribution < -0.4 is 19.6 Å². The highest BCUT2D eigenvalue weighted by Gasteiger charge is 2.31. The maximum absolute atomic E-state index is 12.5. The van der Waals surface area contributed by atoms with Crippen molar-refractivity contribution in [2.24, 2.45) is 5.10 Å². The minimum atomic E-state index is -0.549. The molecule has 8 nitrogen and oxygen atoms in total. The zero-order chi connectivity index (χ0) is 21.1. The van der Waals surface area contributed by atoms with E-state index in [-0.39, 0.29) is 28.4 Å². The fourth-order valence-electron chi connectivity index (χ4n) is 3.07. The molecule has 0 radical (unpaired) electrons. The summed E-state index contributed by atoms with van der Waals surface area (Å²) in [6.07, 6.45) is 0. The van der Waals surface area contributed by atoms with Gasteiger partial charge < -0.3 is 19.3 Å². The third-order valence-electron chi connectivity index (χ3n) is 4.50. The van der Waals surface area contributed by atoms with Gasteiger partial charge in [-0.2, -0.15) is 5.10 Å². The predicted molar refractivity (Wildman–Crippen MR) is 107 cm³/mol. The van der Waals surface area contributed by atoms with Gasteiger partial charge >= 0.3 is 0 Å². The summed E-state index contributed by atoms with van der Waals surface area (Å²) < 4.78 is 15.7. The summed E-state index contributed by atoms with van der Waals surface area (Å²) in [5.74, 6) is -0.0588. The molecule has 8 heteroatoms. The molecule has 0 aliphatic heterocycles. The van der Waals surface area contributed by atoms with E-state index in [1.165, 1.54) is 40.4 Å². The summed E-state index contributed by atoms with van der Waals surface area (Å²) in [5.41, 5.74) is 3.67. The number of ketones is 1. The van der Waals surface area contributed by atoms with E-state index in [0.717, 1.165) is 0 Å². The third-order valence-corrected chi connectivity index (χ3v) is 4.50. The molecule has 0 spiro atoms. The van der Waals surface area contributed by atoms with E-state index >= 15 is 0 Å². The Morgan fingerprint density at radius 3 is 2.10 bits per heavy atom. The predicted octanol–water partition coefficient (Wildman–Crippen LogP) is 2.98. The number of aliphatic hydroxyl groups excluding tert-OH is 1. The van der Waals surface area contributed by atoms with Gasteiger partial charge in [0.15, 0.2) is 17.3 Å². The molecule has 0 atom stereocenters. The number of methoxy groups -OCH3 is 3. The number of hydrazone groups is 1. The number of aliphatic hydroxyl groups is 1. The number of allylic oxidation sites excluding steroid dienone is 1. The van der Waals surface area contributed by atoms with E-state index < -0.39 is 5.91 Å². The van der Waals surface area contributed by atoms with Crippen molar-refractivity contribution in [1.29, 1.82) is 0 Å². The molecule has 0 fully saturated rings. The highest BCUT2D eigenvalue weighted by Crippen LogP contribution is 2.38. The normalized spacial score (nSPS) is 13.2. The number of ether oxygens (including phenoxy) is 3. The van der Waals surface area contributed by atoms with Crippen molar-refractivity contribution in [3.8, 4) is 17.2 Å². The lowest BCUT2D eigenvalue weighted by molar-refractivity contribution is 0.0952. The number of nitrogens with one attached hydrogen (secondary N) is 1. The first-order valence-corrected chi connectivity index (χ1v) is 8.65. The molecular formula is C21H20N2O6. The highest BCUT2D eigenvalue weighted by molar-refractivity contribution is 6.35. The monoisotopic (exact) mass is 396 g/mol. The van der Waals surface area contributed by atoms with E-state index in [4.69, 9.17) is 14.2 Å². The molecule has 2 aromatic carbocycles. The number of amides is 1. The molecule has 1 aliphatic rings. The molecule has 0 saturated heterocycles. The topological polar surface area (TPSA) is 106 Å². The number of carbonyl (C=O) groups excluding carboxylic acids is 2. The maximum atomic E-state index is 12.5. The van der Waals surface area contributed by atoms with Gasteiger partial charge in [-0.3, -0.25) is 9.59 Å². The van der Waals surface area contributed by atoms with Crippen molar-refractivity contribution in [3.63, 3.8) is 0 Å². The van der Waals surface area contributed by atoms with Crippen LogP contribution in [-0.2, 0) is 0 Å². The van der Waals surface area contributed by atoms with Crippen LogP contribution in [0.1, 0.15) is 33.2 Å². The van der Waals surface area contributed by atoms with E-state index in [1.807, 2.05) is 0 Å². The second-order valence-electron chi connectivity index (χ2n) is 6.15. The van der Waals surface area contributed by atoms with Crippen LogP contribution in [0.3, 0.4) is 0 Å².